The van der Waals surface area contributed by atoms with Gasteiger partial charge in [-0.2, -0.15) is 13.2 Å². The minimum atomic E-state index is -4.35. The topological polar surface area (TPSA) is 55.1 Å². The van der Waals surface area contributed by atoms with E-state index in [0.29, 0.717) is 5.56 Å². The molecule has 6 heteroatoms. The molecule has 2 atom stereocenters. The van der Waals surface area contributed by atoms with Crippen LogP contribution < -0.4 is 11.1 Å². The molecule has 19 heavy (non-hydrogen) atoms. The number of nitrogens with two attached hydrogens (primary N) is 1. The first kappa shape index (κ1) is 15.5. The van der Waals surface area contributed by atoms with Crippen LogP contribution in [0.5, 0.6) is 0 Å². The molecule has 1 rings (SSSR count). The Kier molecular flexibility index (Phi) is 5.35. The Morgan fingerprint density at radius 1 is 1.32 bits per heavy atom. The third kappa shape index (κ3) is 5.30. The van der Waals surface area contributed by atoms with Crippen LogP contribution in [0.25, 0.3) is 0 Å². The van der Waals surface area contributed by atoms with Gasteiger partial charge in [0, 0.05) is 12.5 Å². The Morgan fingerprint density at radius 2 is 1.89 bits per heavy atom. The van der Waals surface area contributed by atoms with Crippen LogP contribution in [0.4, 0.5) is 13.2 Å². The second-order valence-electron chi connectivity index (χ2n) is 4.43. The van der Waals surface area contributed by atoms with Crippen molar-refractivity contribution in [3.8, 4) is 0 Å². The molecule has 1 amide bonds. The van der Waals surface area contributed by atoms with Gasteiger partial charge in [0.15, 0.2) is 0 Å². The first-order valence-corrected chi connectivity index (χ1v) is 5.95. The van der Waals surface area contributed by atoms with Crippen LogP contribution in [0.1, 0.15) is 24.9 Å². The molecule has 106 valence electrons. The fourth-order valence-corrected chi connectivity index (χ4v) is 1.59. The van der Waals surface area contributed by atoms with Gasteiger partial charge >= 0.3 is 6.18 Å². The number of nitrogens with one attached hydrogen (secondary N) is 1. The molecule has 0 saturated carbocycles. The summed E-state index contributed by atoms with van der Waals surface area (Å²) in [4.78, 5) is 11.7. The van der Waals surface area contributed by atoms with E-state index in [1.165, 1.54) is 0 Å². The zero-order chi connectivity index (χ0) is 14.5. The predicted molar refractivity (Wildman–Crippen MR) is 66.2 cm³/mol. The molecule has 0 bridgehead atoms. The molecule has 2 unspecified atom stereocenters. The second kappa shape index (κ2) is 6.56. The summed E-state index contributed by atoms with van der Waals surface area (Å²) in [5.74, 6) is -0.986. The van der Waals surface area contributed by atoms with E-state index in [0.717, 1.165) is 0 Å². The Bertz CT molecular complexity index is 406. The molecule has 1 aromatic carbocycles. The van der Waals surface area contributed by atoms with Crippen molar-refractivity contribution in [2.24, 2.45) is 11.7 Å². The van der Waals surface area contributed by atoms with Gasteiger partial charge in [-0.1, -0.05) is 37.3 Å². The van der Waals surface area contributed by atoms with Crippen LogP contribution in [0, 0.1) is 5.92 Å². The molecule has 0 fully saturated rings. The average molecular weight is 274 g/mol. The third-order valence-electron chi connectivity index (χ3n) is 2.76. The summed E-state index contributed by atoms with van der Waals surface area (Å²) in [6.07, 6.45) is -5.44. The molecule has 0 aliphatic heterocycles. The van der Waals surface area contributed by atoms with Crippen LogP contribution in [-0.2, 0) is 4.79 Å². The van der Waals surface area contributed by atoms with E-state index in [1.807, 2.05) is 0 Å². The predicted octanol–water partition coefficient (Wildman–Crippen LogP) is 2.39. The largest absolute Gasteiger partial charge is 0.391 e. The van der Waals surface area contributed by atoms with Gasteiger partial charge in [0.2, 0.25) is 5.91 Å². The number of hydrogen-bond donors (Lipinski definition) is 2. The van der Waals surface area contributed by atoms with E-state index in [9.17, 15) is 18.0 Å². The molecule has 1 aromatic rings. The lowest BCUT2D eigenvalue weighted by Crippen LogP contribution is -2.37. The first-order valence-electron chi connectivity index (χ1n) is 5.95. The van der Waals surface area contributed by atoms with Crippen molar-refractivity contribution in [3.63, 3.8) is 0 Å². The minimum absolute atomic E-state index is 0.0966. The summed E-state index contributed by atoms with van der Waals surface area (Å²) in [6.45, 7) is 1.67. The Labute approximate surface area is 110 Å². The van der Waals surface area contributed by atoms with Crippen LogP contribution in [-0.4, -0.2) is 18.6 Å². The zero-order valence-corrected chi connectivity index (χ0v) is 10.6. The highest BCUT2D eigenvalue weighted by Gasteiger charge is 2.33. The summed E-state index contributed by atoms with van der Waals surface area (Å²) in [7, 11) is 0. The van der Waals surface area contributed by atoms with E-state index in [2.05, 4.69) is 5.32 Å². The Hall–Kier alpha value is -1.56. The van der Waals surface area contributed by atoms with Gasteiger partial charge in [-0.3, -0.25) is 4.79 Å². The zero-order valence-electron chi connectivity index (χ0n) is 10.6. The highest BCUT2D eigenvalue weighted by molar-refractivity contribution is 5.79. The molecule has 0 aliphatic rings. The lowest BCUT2D eigenvalue weighted by atomic mass is 10.0. The minimum Gasteiger partial charge on any atom is -0.349 e. The highest BCUT2D eigenvalue weighted by atomic mass is 19.4. The molecule has 0 spiro atoms. The van der Waals surface area contributed by atoms with Crippen LogP contribution in [0.2, 0.25) is 0 Å². The second-order valence-corrected chi connectivity index (χ2v) is 4.43. The fraction of sp³-hybridized carbons (Fsp3) is 0.462. The summed E-state index contributed by atoms with van der Waals surface area (Å²) in [6, 6.07) is 7.02. The first-order chi connectivity index (χ1) is 8.83. The summed E-state index contributed by atoms with van der Waals surface area (Å²) in [5, 5.41) is 2.40. The van der Waals surface area contributed by atoms with Crippen molar-refractivity contribution in [1.82, 2.24) is 5.32 Å². The van der Waals surface area contributed by atoms with Crippen molar-refractivity contribution in [2.45, 2.75) is 25.6 Å². The number of benzene rings is 1. The maximum absolute atomic E-state index is 12.5. The van der Waals surface area contributed by atoms with Crippen LogP contribution >= 0.6 is 0 Å². The van der Waals surface area contributed by atoms with Gasteiger partial charge in [-0.25, -0.2) is 0 Å². The van der Waals surface area contributed by atoms with Crippen molar-refractivity contribution in [3.05, 3.63) is 35.9 Å². The van der Waals surface area contributed by atoms with Gasteiger partial charge in [-0.15, -0.1) is 0 Å². The molecule has 3 nitrogen and oxygen atoms in total. The fourth-order valence-electron chi connectivity index (χ4n) is 1.59. The summed E-state index contributed by atoms with van der Waals surface area (Å²) >= 11 is 0. The number of halogens is 3. The van der Waals surface area contributed by atoms with Gasteiger partial charge < -0.3 is 11.1 Å². The molecule has 3 N–H and O–H groups in total. The van der Waals surface area contributed by atoms with Crippen LogP contribution in [0.15, 0.2) is 30.3 Å². The molecule has 0 heterocycles. The third-order valence-corrected chi connectivity index (χ3v) is 2.76. The Morgan fingerprint density at radius 3 is 2.37 bits per heavy atom. The van der Waals surface area contributed by atoms with E-state index in [-0.39, 0.29) is 6.54 Å². The lowest BCUT2D eigenvalue weighted by molar-refractivity contribution is -0.143. The summed E-state index contributed by atoms with van der Waals surface area (Å²) in [5.41, 5.74) is 5.76. The van der Waals surface area contributed by atoms with E-state index < -0.39 is 30.5 Å². The van der Waals surface area contributed by atoms with E-state index >= 15 is 0 Å². The molecular weight excluding hydrogens is 257 g/mol. The number of alkyl halides is 3. The average Bonchev–Trinajstić information content (AvgIpc) is 2.36. The standard InChI is InChI=1S/C13H17F3N2O/c1-9(8-17)12(19)18-11(7-13(14,15)16)10-5-3-2-4-6-10/h2-6,9,11H,7-8,17H2,1H3,(H,18,19). The smallest absolute Gasteiger partial charge is 0.349 e. The van der Waals surface area contributed by atoms with Crippen LogP contribution in [0.3, 0.4) is 0 Å². The van der Waals surface area contributed by atoms with E-state index in [1.54, 1.807) is 37.3 Å². The molecule has 0 radical (unpaired) electrons. The molecule has 0 aromatic heterocycles. The van der Waals surface area contributed by atoms with Crippen molar-refractivity contribution in [1.29, 1.82) is 0 Å². The van der Waals surface area contributed by atoms with Crippen molar-refractivity contribution in [2.75, 3.05) is 6.54 Å². The van der Waals surface area contributed by atoms with E-state index in [4.69, 9.17) is 5.73 Å². The molecule has 0 saturated heterocycles. The number of rotatable bonds is 5. The van der Waals surface area contributed by atoms with Gasteiger partial charge in [0.05, 0.1) is 12.5 Å². The lowest BCUT2D eigenvalue weighted by Gasteiger charge is -2.22. The van der Waals surface area contributed by atoms with Crippen molar-refractivity contribution < 1.29 is 18.0 Å². The Balaban J connectivity index is 2.85. The highest BCUT2D eigenvalue weighted by Crippen LogP contribution is 2.29. The van der Waals surface area contributed by atoms with Crippen molar-refractivity contribution >= 4 is 5.91 Å². The maximum atomic E-state index is 12.5. The number of carbonyl (C=O) groups is 1. The number of hydrogen-bond acceptors (Lipinski definition) is 2. The normalized spacial score (nSPS) is 14.8. The maximum Gasteiger partial charge on any atom is 0.391 e. The molecular formula is C13H17F3N2O. The SMILES string of the molecule is CC(CN)C(=O)NC(CC(F)(F)F)c1ccccc1. The monoisotopic (exact) mass is 274 g/mol. The van der Waals surface area contributed by atoms with Gasteiger partial charge in [-0.05, 0) is 5.56 Å². The molecule has 0 aliphatic carbocycles. The quantitative estimate of drug-likeness (QED) is 0.866. The van der Waals surface area contributed by atoms with Gasteiger partial charge in [0.25, 0.3) is 0 Å². The number of carbonyl (C=O) groups excluding carboxylic acids is 1. The van der Waals surface area contributed by atoms with Gasteiger partial charge in [0.1, 0.15) is 0 Å². The number of amides is 1. The summed E-state index contributed by atoms with van der Waals surface area (Å²) < 4.78 is 37.6.